The van der Waals surface area contributed by atoms with E-state index in [4.69, 9.17) is 22.7 Å². The molecule has 2 N–H and O–H groups in total. The molecule has 6 heteroatoms. The number of rotatable bonds is 3. The molecule has 0 fully saturated rings. The third-order valence-corrected chi connectivity index (χ3v) is 2.38. The highest BCUT2D eigenvalue weighted by atomic mass is 32.1. The van der Waals surface area contributed by atoms with E-state index in [-0.39, 0.29) is 16.7 Å². The van der Waals surface area contributed by atoms with Crippen molar-refractivity contribution in [2.75, 3.05) is 0 Å². The van der Waals surface area contributed by atoms with Crippen LogP contribution >= 0.6 is 12.2 Å². The number of aryl methyl sites for hydroxylation is 1. The molecule has 0 aliphatic carbocycles. The van der Waals surface area contributed by atoms with E-state index < -0.39 is 5.82 Å². The van der Waals surface area contributed by atoms with Gasteiger partial charge in [-0.2, -0.15) is 4.98 Å². The second-order valence-corrected chi connectivity index (χ2v) is 4.06. The SMILES string of the molecule is Cc1ccc(F)c(Oc2nccc(C(N)=S)n2)c1. The van der Waals surface area contributed by atoms with Crippen LogP contribution in [0.5, 0.6) is 11.8 Å². The zero-order chi connectivity index (χ0) is 13.1. The molecular formula is C12H10FN3OS. The molecular weight excluding hydrogens is 253 g/mol. The second kappa shape index (κ2) is 5.05. The van der Waals surface area contributed by atoms with Crippen LogP contribution in [-0.4, -0.2) is 15.0 Å². The molecule has 0 saturated carbocycles. The molecule has 1 aromatic carbocycles. The van der Waals surface area contributed by atoms with Crippen LogP contribution in [0.2, 0.25) is 0 Å². The Bertz CT molecular complexity index is 604. The molecule has 0 unspecified atom stereocenters. The van der Waals surface area contributed by atoms with Crippen molar-refractivity contribution in [1.29, 1.82) is 0 Å². The fourth-order valence-corrected chi connectivity index (χ4v) is 1.43. The summed E-state index contributed by atoms with van der Waals surface area (Å²) in [6, 6.07) is 6.09. The van der Waals surface area contributed by atoms with Crippen molar-refractivity contribution in [3.63, 3.8) is 0 Å². The van der Waals surface area contributed by atoms with Crippen LogP contribution in [0.15, 0.2) is 30.5 Å². The van der Waals surface area contributed by atoms with Gasteiger partial charge >= 0.3 is 6.01 Å². The van der Waals surface area contributed by atoms with Gasteiger partial charge in [0.25, 0.3) is 0 Å². The van der Waals surface area contributed by atoms with Crippen LogP contribution in [0.1, 0.15) is 11.3 Å². The maximum absolute atomic E-state index is 13.5. The molecule has 0 aliphatic heterocycles. The molecule has 0 saturated heterocycles. The predicted octanol–water partition coefficient (Wildman–Crippen LogP) is 2.35. The van der Waals surface area contributed by atoms with Gasteiger partial charge < -0.3 is 10.5 Å². The largest absolute Gasteiger partial charge is 0.421 e. The molecule has 18 heavy (non-hydrogen) atoms. The van der Waals surface area contributed by atoms with Crippen molar-refractivity contribution < 1.29 is 9.13 Å². The zero-order valence-corrected chi connectivity index (χ0v) is 10.4. The van der Waals surface area contributed by atoms with Gasteiger partial charge in [0.2, 0.25) is 0 Å². The summed E-state index contributed by atoms with van der Waals surface area (Å²) < 4.78 is 18.8. The maximum Gasteiger partial charge on any atom is 0.322 e. The van der Waals surface area contributed by atoms with Gasteiger partial charge in [-0.1, -0.05) is 18.3 Å². The molecule has 0 spiro atoms. The van der Waals surface area contributed by atoms with Crippen molar-refractivity contribution >= 4 is 17.2 Å². The first-order chi connectivity index (χ1) is 8.56. The first-order valence-corrected chi connectivity index (χ1v) is 5.54. The molecule has 0 aliphatic rings. The predicted molar refractivity (Wildman–Crippen MR) is 69.1 cm³/mol. The quantitative estimate of drug-likeness (QED) is 0.861. The minimum Gasteiger partial charge on any atom is -0.421 e. The Balaban J connectivity index is 2.31. The van der Waals surface area contributed by atoms with Gasteiger partial charge in [0.1, 0.15) is 10.7 Å². The monoisotopic (exact) mass is 263 g/mol. The Morgan fingerprint density at radius 1 is 1.39 bits per heavy atom. The Hall–Kier alpha value is -2.08. The third kappa shape index (κ3) is 2.78. The normalized spacial score (nSPS) is 10.1. The van der Waals surface area contributed by atoms with Crippen molar-refractivity contribution in [3.05, 3.63) is 47.5 Å². The zero-order valence-electron chi connectivity index (χ0n) is 9.55. The minimum atomic E-state index is -0.482. The van der Waals surface area contributed by atoms with Gasteiger partial charge in [-0.3, -0.25) is 0 Å². The average Bonchev–Trinajstić information content (AvgIpc) is 2.34. The van der Waals surface area contributed by atoms with Crippen LogP contribution in [0.25, 0.3) is 0 Å². The van der Waals surface area contributed by atoms with Gasteiger partial charge in [-0.05, 0) is 30.7 Å². The van der Waals surface area contributed by atoms with E-state index in [9.17, 15) is 4.39 Å². The van der Waals surface area contributed by atoms with E-state index in [1.807, 2.05) is 6.92 Å². The van der Waals surface area contributed by atoms with Crippen LogP contribution in [-0.2, 0) is 0 Å². The minimum absolute atomic E-state index is 0.00444. The topological polar surface area (TPSA) is 61.0 Å². The molecule has 1 aromatic heterocycles. The van der Waals surface area contributed by atoms with E-state index in [2.05, 4.69) is 9.97 Å². The van der Waals surface area contributed by atoms with Crippen LogP contribution in [0.4, 0.5) is 4.39 Å². The Morgan fingerprint density at radius 3 is 2.89 bits per heavy atom. The van der Waals surface area contributed by atoms with E-state index in [1.54, 1.807) is 18.2 Å². The number of benzene rings is 1. The number of nitrogens with zero attached hydrogens (tertiary/aromatic N) is 2. The Kier molecular flexibility index (Phi) is 3.47. The van der Waals surface area contributed by atoms with Gasteiger partial charge in [0.15, 0.2) is 11.6 Å². The molecule has 2 aromatic rings. The maximum atomic E-state index is 13.5. The van der Waals surface area contributed by atoms with Crippen molar-refractivity contribution in [3.8, 4) is 11.8 Å². The highest BCUT2D eigenvalue weighted by Crippen LogP contribution is 2.22. The molecule has 2 rings (SSSR count). The fraction of sp³-hybridized carbons (Fsp3) is 0.0833. The lowest BCUT2D eigenvalue weighted by Gasteiger charge is -2.06. The van der Waals surface area contributed by atoms with Crippen LogP contribution in [0, 0.1) is 12.7 Å². The lowest BCUT2D eigenvalue weighted by Crippen LogP contribution is -2.12. The number of halogens is 1. The summed E-state index contributed by atoms with van der Waals surface area (Å²) in [6.45, 7) is 1.83. The summed E-state index contributed by atoms with van der Waals surface area (Å²) in [5.41, 5.74) is 6.69. The van der Waals surface area contributed by atoms with Crippen molar-refractivity contribution in [2.24, 2.45) is 5.73 Å². The van der Waals surface area contributed by atoms with Crippen LogP contribution < -0.4 is 10.5 Å². The van der Waals surface area contributed by atoms with E-state index in [1.165, 1.54) is 12.3 Å². The first-order valence-electron chi connectivity index (χ1n) is 5.13. The number of ether oxygens (including phenoxy) is 1. The average molecular weight is 263 g/mol. The lowest BCUT2D eigenvalue weighted by atomic mass is 10.2. The fourth-order valence-electron chi connectivity index (χ4n) is 1.31. The summed E-state index contributed by atoms with van der Waals surface area (Å²) in [5, 5.41) is 0. The summed E-state index contributed by atoms with van der Waals surface area (Å²) in [5.74, 6) is -0.417. The molecule has 0 atom stereocenters. The van der Waals surface area contributed by atoms with Crippen LogP contribution in [0.3, 0.4) is 0 Å². The third-order valence-electron chi connectivity index (χ3n) is 2.17. The number of nitrogens with two attached hydrogens (primary N) is 1. The van der Waals surface area contributed by atoms with Gasteiger partial charge in [-0.15, -0.1) is 0 Å². The number of aromatic nitrogens is 2. The molecule has 92 valence electrons. The molecule has 0 amide bonds. The standard InChI is InChI=1S/C12H10FN3OS/c1-7-2-3-8(13)10(6-7)17-12-15-5-4-9(16-12)11(14)18/h2-6H,1H3,(H2,14,18). The van der Waals surface area contributed by atoms with Crippen molar-refractivity contribution in [2.45, 2.75) is 6.92 Å². The molecule has 0 radical (unpaired) electrons. The Morgan fingerprint density at radius 2 is 2.17 bits per heavy atom. The van der Waals surface area contributed by atoms with Crippen molar-refractivity contribution in [1.82, 2.24) is 9.97 Å². The van der Waals surface area contributed by atoms with E-state index in [0.29, 0.717) is 5.69 Å². The van der Waals surface area contributed by atoms with Gasteiger partial charge in [-0.25, -0.2) is 9.37 Å². The highest BCUT2D eigenvalue weighted by molar-refractivity contribution is 7.80. The lowest BCUT2D eigenvalue weighted by molar-refractivity contribution is 0.410. The van der Waals surface area contributed by atoms with E-state index in [0.717, 1.165) is 5.56 Å². The first kappa shape index (κ1) is 12.4. The number of thiocarbonyl (C=S) groups is 1. The second-order valence-electron chi connectivity index (χ2n) is 3.62. The summed E-state index contributed by atoms with van der Waals surface area (Å²) >= 11 is 4.79. The van der Waals surface area contributed by atoms with Gasteiger partial charge in [0.05, 0.1) is 0 Å². The Labute approximate surface area is 109 Å². The smallest absolute Gasteiger partial charge is 0.322 e. The highest BCUT2D eigenvalue weighted by Gasteiger charge is 2.08. The molecule has 1 heterocycles. The molecule has 0 bridgehead atoms. The molecule has 4 nitrogen and oxygen atoms in total. The number of hydrogen-bond donors (Lipinski definition) is 1. The van der Waals surface area contributed by atoms with E-state index >= 15 is 0 Å². The summed E-state index contributed by atoms with van der Waals surface area (Å²) in [4.78, 5) is 7.98. The summed E-state index contributed by atoms with van der Waals surface area (Å²) in [7, 11) is 0. The van der Waals surface area contributed by atoms with Gasteiger partial charge in [0, 0.05) is 6.20 Å². The summed E-state index contributed by atoms with van der Waals surface area (Å²) in [6.07, 6.45) is 1.45. The number of hydrogen-bond acceptors (Lipinski definition) is 4.